The van der Waals surface area contributed by atoms with Gasteiger partial charge in [-0.1, -0.05) is 35.5 Å². The number of rotatable bonds is 6. The minimum atomic E-state index is -0.187. The number of carbonyl (C=O) groups excluding carboxylic acids is 1. The lowest BCUT2D eigenvalue weighted by molar-refractivity contribution is -0.113. The third-order valence-electron chi connectivity index (χ3n) is 3.46. The summed E-state index contributed by atoms with van der Waals surface area (Å²) in [6.07, 6.45) is 0. The number of benzene rings is 2. The number of thioether (sulfide) groups is 1. The van der Waals surface area contributed by atoms with E-state index in [2.05, 4.69) is 15.3 Å². The van der Waals surface area contributed by atoms with Crippen LogP contribution in [0, 0.1) is 0 Å². The maximum atomic E-state index is 12.3. The Kier molecular flexibility index (Phi) is 5.35. The highest BCUT2D eigenvalue weighted by molar-refractivity contribution is 7.99. The maximum absolute atomic E-state index is 12.3. The van der Waals surface area contributed by atoms with E-state index in [1.807, 2.05) is 24.3 Å². The molecule has 3 aromatic rings. The van der Waals surface area contributed by atoms with Crippen LogP contribution in [0.3, 0.4) is 0 Å². The predicted molar refractivity (Wildman–Crippen MR) is 100 cm³/mol. The highest BCUT2D eigenvalue weighted by Crippen LogP contribution is 2.36. The second kappa shape index (κ2) is 7.67. The first kappa shape index (κ1) is 17.4. The summed E-state index contributed by atoms with van der Waals surface area (Å²) < 4.78 is 10.4. The Morgan fingerprint density at radius 2 is 2.00 bits per heavy atom. The van der Waals surface area contributed by atoms with Gasteiger partial charge >= 0.3 is 0 Å². The van der Waals surface area contributed by atoms with Crippen molar-refractivity contribution in [1.29, 1.82) is 0 Å². The van der Waals surface area contributed by atoms with E-state index in [1.54, 1.807) is 12.1 Å². The number of methoxy groups -OCH3 is 2. The number of halogens is 1. The van der Waals surface area contributed by atoms with Gasteiger partial charge in [0.15, 0.2) is 5.16 Å². The molecule has 0 aliphatic carbocycles. The number of carbonyl (C=O) groups is 1. The molecular weight excluding hydrogens is 362 g/mol. The number of anilines is 1. The molecule has 130 valence electrons. The monoisotopic (exact) mass is 377 g/mol. The number of hydrogen-bond donors (Lipinski definition) is 2. The molecule has 1 amide bonds. The van der Waals surface area contributed by atoms with Crippen LogP contribution in [0.2, 0.25) is 5.02 Å². The molecule has 8 heteroatoms. The molecule has 0 fully saturated rings. The number of H-pyrrole nitrogens is 1. The number of aromatic nitrogens is 2. The molecule has 0 saturated carbocycles. The third kappa shape index (κ3) is 4.00. The standard InChI is InChI=1S/C17H16ClN3O3S/c1-23-14-8-13(15(24-2)7-10(14)18)19-16(22)9-25-17-20-11-5-3-4-6-12(11)21-17/h3-8H,9H2,1-2H3,(H,19,22)(H,20,21). The number of imidazole rings is 1. The number of nitrogens with one attached hydrogen (secondary N) is 2. The maximum Gasteiger partial charge on any atom is 0.234 e. The van der Waals surface area contributed by atoms with Gasteiger partial charge < -0.3 is 19.8 Å². The van der Waals surface area contributed by atoms with E-state index in [-0.39, 0.29) is 11.7 Å². The van der Waals surface area contributed by atoms with E-state index in [1.165, 1.54) is 26.0 Å². The van der Waals surface area contributed by atoms with Crippen LogP contribution in [0.1, 0.15) is 0 Å². The van der Waals surface area contributed by atoms with Crippen molar-refractivity contribution in [2.75, 3.05) is 25.3 Å². The fraction of sp³-hybridized carbons (Fsp3) is 0.176. The van der Waals surface area contributed by atoms with E-state index in [0.29, 0.717) is 27.4 Å². The third-order valence-corrected chi connectivity index (χ3v) is 4.62. The number of amides is 1. The molecule has 25 heavy (non-hydrogen) atoms. The summed E-state index contributed by atoms with van der Waals surface area (Å²) in [7, 11) is 3.02. The van der Waals surface area contributed by atoms with Gasteiger partial charge in [-0.3, -0.25) is 4.79 Å². The van der Waals surface area contributed by atoms with Crippen molar-refractivity contribution < 1.29 is 14.3 Å². The first-order chi connectivity index (χ1) is 12.1. The van der Waals surface area contributed by atoms with Gasteiger partial charge in [-0.05, 0) is 12.1 Å². The zero-order chi connectivity index (χ0) is 17.8. The molecule has 3 rings (SSSR count). The summed E-state index contributed by atoms with van der Waals surface area (Å²) in [5, 5.41) is 3.91. The molecule has 0 radical (unpaired) electrons. The summed E-state index contributed by atoms with van der Waals surface area (Å²) in [6.45, 7) is 0. The molecule has 0 unspecified atom stereocenters. The second-order valence-electron chi connectivity index (χ2n) is 5.08. The number of fused-ring (bicyclic) bond motifs is 1. The summed E-state index contributed by atoms with van der Waals surface area (Å²) in [6, 6.07) is 10.9. The Morgan fingerprint density at radius 3 is 2.72 bits per heavy atom. The van der Waals surface area contributed by atoms with E-state index in [4.69, 9.17) is 21.1 Å². The average Bonchev–Trinajstić information content (AvgIpc) is 3.04. The van der Waals surface area contributed by atoms with Gasteiger partial charge in [-0.25, -0.2) is 4.98 Å². The average molecular weight is 378 g/mol. The van der Waals surface area contributed by atoms with Gasteiger partial charge in [0.2, 0.25) is 5.91 Å². The Bertz CT molecular complexity index is 880. The molecular formula is C17H16ClN3O3S. The van der Waals surface area contributed by atoms with Crippen molar-refractivity contribution in [1.82, 2.24) is 9.97 Å². The number of ether oxygens (including phenoxy) is 2. The number of aromatic amines is 1. The van der Waals surface area contributed by atoms with Gasteiger partial charge in [-0.15, -0.1) is 0 Å². The van der Waals surface area contributed by atoms with Crippen molar-refractivity contribution in [2.45, 2.75) is 5.16 Å². The molecule has 0 saturated heterocycles. The lowest BCUT2D eigenvalue weighted by Crippen LogP contribution is -2.15. The SMILES string of the molecule is COc1cc(NC(=O)CSc2nc3ccccc3[nH]2)c(OC)cc1Cl. The number of hydrogen-bond acceptors (Lipinski definition) is 5. The molecule has 2 aromatic carbocycles. The van der Waals surface area contributed by atoms with Crippen LogP contribution in [0.5, 0.6) is 11.5 Å². The quantitative estimate of drug-likeness (QED) is 0.636. The van der Waals surface area contributed by atoms with Gasteiger partial charge in [0.25, 0.3) is 0 Å². The Labute approximate surface area is 153 Å². The van der Waals surface area contributed by atoms with Crippen LogP contribution < -0.4 is 14.8 Å². The Morgan fingerprint density at radius 1 is 1.24 bits per heavy atom. The fourth-order valence-electron chi connectivity index (χ4n) is 2.28. The van der Waals surface area contributed by atoms with Gasteiger partial charge in [0, 0.05) is 12.1 Å². The molecule has 0 aliphatic rings. The van der Waals surface area contributed by atoms with Crippen molar-refractivity contribution in [3.8, 4) is 11.5 Å². The van der Waals surface area contributed by atoms with E-state index in [9.17, 15) is 4.79 Å². The van der Waals surface area contributed by atoms with Crippen molar-refractivity contribution >= 4 is 46.0 Å². The summed E-state index contributed by atoms with van der Waals surface area (Å²) in [5.74, 6) is 0.942. The Hall–Kier alpha value is -2.38. The number of para-hydroxylation sites is 2. The molecule has 0 spiro atoms. The topological polar surface area (TPSA) is 76.2 Å². The van der Waals surface area contributed by atoms with Crippen LogP contribution in [-0.2, 0) is 4.79 Å². The first-order valence-electron chi connectivity index (χ1n) is 7.39. The highest BCUT2D eigenvalue weighted by Gasteiger charge is 2.13. The van der Waals surface area contributed by atoms with Crippen molar-refractivity contribution in [3.63, 3.8) is 0 Å². The van der Waals surface area contributed by atoms with Crippen LogP contribution in [0.4, 0.5) is 5.69 Å². The molecule has 1 aromatic heterocycles. The van der Waals surface area contributed by atoms with Gasteiger partial charge in [-0.2, -0.15) is 0 Å². The van der Waals surface area contributed by atoms with Crippen LogP contribution in [0.25, 0.3) is 11.0 Å². The highest BCUT2D eigenvalue weighted by atomic mass is 35.5. The minimum absolute atomic E-state index is 0.187. The smallest absolute Gasteiger partial charge is 0.234 e. The van der Waals surface area contributed by atoms with Crippen LogP contribution in [0.15, 0.2) is 41.6 Å². The van der Waals surface area contributed by atoms with Gasteiger partial charge in [0.05, 0.1) is 41.7 Å². The zero-order valence-electron chi connectivity index (χ0n) is 13.6. The summed E-state index contributed by atoms with van der Waals surface area (Å²) in [4.78, 5) is 19.9. The first-order valence-corrected chi connectivity index (χ1v) is 8.76. The lowest BCUT2D eigenvalue weighted by Gasteiger charge is -2.12. The van der Waals surface area contributed by atoms with Crippen molar-refractivity contribution in [3.05, 3.63) is 41.4 Å². The van der Waals surface area contributed by atoms with E-state index < -0.39 is 0 Å². The Balaban J connectivity index is 1.68. The molecule has 0 aliphatic heterocycles. The largest absolute Gasteiger partial charge is 0.495 e. The fourth-order valence-corrected chi connectivity index (χ4v) is 3.19. The predicted octanol–water partition coefficient (Wildman–Crippen LogP) is 3.96. The van der Waals surface area contributed by atoms with E-state index in [0.717, 1.165) is 11.0 Å². The van der Waals surface area contributed by atoms with Crippen LogP contribution >= 0.6 is 23.4 Å². The second-order valence-corrected chi connectivity index (χ2v) is 6.45. The molecule has 6 nitrogen and oxygen atoms in total. The lowest BCUT2D eigenvalue weighted by atomic mass is 10.2. The van der Waals surface area contributed by atoms with Crippen LogP contribution in [-0.4, -0.2) is 35.8 Å². The zero-order valence-corrected chi connectivity index (χ0v) is 15.2. The van der Waals surface area contributed by atoms with Gasteiger partial charge in [0.1, 0.15) is 11.5 Å². The minimum Gasteiger partial charge on any atom is -0.495 e. The molecule has 0 bridgehead atoms. The molecule has 2 N–H and O–H groups in total. The number of nitrogens with zero attached hydrogens (tertiary/aromatic N) is 1. The summed E-state index contributed by atoms with van der Waals surface area (Å²) in [5.41, 5.74) is 2.31. The van der Waals surface area contributed by atoms with E-state index >= 15 is 0 Å². The normalized spacial score (nSPS) is 10.7. The molecule has 0 atom stereocenters. The van der Waals surface area contributed by atoms with Crippen molar-refractivity contribution in [2.24, 2.45) is 0 Å². The summed E-state index contributed by atoms with van der Waals surface area (Å²) >= 11 is 7.39. The molecule has 1 heterocycles.